The van der Waals surface area contributed by atoms with E-state index in [9.17, 15) is 0 Å². The second kappa shape index (κ2) is 5.67. The first-order chi connectivity index (χ1) is 10.3. The summed E-state index contributed by atoms with van der Waals surface area (Å²) in [6.07, 6.45) is 3.64. The predicted molar refractivity (Wildman–Crippen MR) is 90.2 cm³/mol. The minimum absolute atomic E-state index is 0.764. The largest absolute Gasteiger partial charge is 0.262 e. The van der Waals surface area contributed by atoms with Crippen molar-refractivity contribution < 1.29 is 0 Å². The van der Waals surface area contributed by atoms with E-state index in [0.717, 1.165) is 28.0 Å². The van der Waals surface area contributed by atoms with Crippen LogP contribution in [0, 0.1) is 0 Å². The molecule has 3 heteroatoms. The van der Waals surface area contributed by atoms with Crippen LogP contribution in [0.2, 0.25) is 0 Å². The van der Waals surface area contributed by atoms with E-state index in [1.54, 1.807) is 6.21 Å². The molecule has 3 nitrogen and oxygen atoms in total. The summed E-state index contributed by atoms with van der Waals surface area (Å²) in [6.45, 7) is 5.49. The van der Waals surface area contributed by atoms with Crippen molar-refractivity contribution >= 4 is 35.1 Å². The summed E-state index contributed by atoms with van der Waals surface area (Å²) in [5.74, 6) is 0. The Morgan fingerprint density at radius 3 is 2.57 bits per heavy atom. The van der Waals surface area contributed by atoms with Crippen molar-refractivity contribution in [3.05, 3.63) is 54.7 Å². The third kappa shape index (κ3) is 2.58. The van der Waals surface area contributed by atoms with Gasteiger partial charge >= 0.3 is 0 Å². The molecule has 0 unspecified atom stereocenters. The van der Waals surface area contributed by atoms with Crippen molar-refractivity contribution in [1.29, 1.82) is 0 Å². The predicted octanol–water partition coefficient (Wildman–Crippen LogP) is 4.96. The Hall–Kier alpha value is -2.81. The lowest BCUT2D eigenvalue weighted by Gasteiger charge is -2.06. The van der Waals surface area contributed by atoms with Gasteiger partial charge in [-0.05, 0) is 37.2 Å². The number of hydrogen-bond donors (Lipinski definition) is 0. The summed E-state index contributed by atoms with van der Waals surface area (Å²) in [5, 5.41) is 2.31. The smallest absolute Gasteiger partial charge is 0.0885 e. The third-order valence-corrected chi connectivity index (χ3v) is 3.34. The maximum atomic E-state index is 4.53. The molecule has 2 aromatic carbocycles. The summed E-state index contributed by atoms with van der Waals surface area (Å²) >= 11 is 0. The number of aliphatic imine (C=N–C) groups is 2. The standard InChI is InChI=1S/C18H15N3/c1-3-20-16-9-8-14(11-18(16)19-2)17-10-13-6-4-5-7-15(13)12-21-17/h3-12H,2H2,1H3. The summed E-state index contributed by atoms with van der Waals surface area (Å²) in [5.41, 5.74) is 3.52. The van der Waals surface area contributed by atoms with E-state index in [1.807, 2.05) is 43.5 Å². The van der Waals surface area contributed by atoms with Gasteiger partial charge < -0.3 is 0 Å². The van der Waals surface area contributed by atoms with E-state index in [2.05, 4.69) is 39.9 Å². The second-order valence-corrected chi connectivity index (χ2v) is 4.67. The van der Waals surface area contributed by atoms with Crippen LogP contribution in [-0.4, -0.2) is 17.9 Å². The first kappa shape index (κ1) is 13.2. The van der Waals surface area contributed by atoms with Gasteiger partial charge in [-0.25, -0.2) is 0 Å². The van der Waals surface area contributed by atoms with Gasteiger partial charge in [0.2, 0.25) is 0 Å². The van der Waals surface area contributed by atoms with Crippen molar-refractivity contribution in [3.63, 3.8) is 0 Å². The van der Waals surface area contributed by atoms with Crippen molar-refractivity contribution in [2.75, 3.05) is 0 Å². The minimum Gasteiger partial charge on any atom is -0.262 e. The Bertz CT molecular complexity index is 835. The molecule has 0 N–H and O–H groups in total. The number of pyridine rings is 1. The molecule has 0 aliphatic heterocycles. The first-order valence-electron chi connectivity index (χ1n) is 6.76. The highest BCUT2D eigenvalue weighted by Crippen LogP contribution is 2.32. The molecule has 3 rings (SSSR count). The Morgan fingerprint density at radius 1 is 1.00 bits per heavy atom. The van der Waals surface area contributed by atoms with E-state index in [0.29, 0.717) is 0 Å². The zero-order chi connectivity index (χ0) is 14.7. The van der Waals surface area contributed by atoms with Crippen molar-refractivity contribution in [1.82, 2.24) is 4.98 Å². The fourth-order valence-corrected chi connectivity index (χ4v) is 2.30. The fourth-order valence-electron chi connectivity index (χ4n) is 2.30. The molecular formula is C18H15N3. The molecule has 102 valence electrons. The molecule has 21 heavy (non-hydrogen) atoms. The van der Waals surface area contributed by atoms with Crippen LogP contribution in [-0.2, 0) is 0 Å². The molecule has 0 amide bonds. The molecule has 0 saturated heterocycles. The van der Waals surface area contributed by atoms with E-state index >= 15 is 0 Å². The van der Waals surface area contributed by atoms with Gasteiger partial charge in [0.1, 0.15) is 0 Å². The van der Waals surface area contributed by atoms with Gasteiger partial charge in [0.25, 0.3) is 0 Å². The Balaban J connectivity index is 2.11. The molecule has 1 heterocycles. The molecule has 0 bridgehead atoms. The molecule has 0 radical (unpaired) electrons. The SMILES string of the molecule is C=Nc1cc(-c2cc3ccccc3cn2)ccc1N=CC. The van der Waals surface area contributed by atoms with Crippen LogP contribution in [0.4, 0.5) is 11.4 Å². The molecule has 0 aliphatic carbocycles. The lowest BCUT2D eigenvalue weighted by atomic mass is 10.1. The highest BCUT2D eigenvalue weighted by atomic mass is 14.8. The fraction of sp³-hybridized carbons (Fsp3) is 0.0556. The van der Waals surface area contributed by atoms with E-state index in [4.69, 9.17) is 0 Å². The molecule has 0 saturated carbocycles. The molecule has 0 fully saturated rings. The van der Waals surface area contributed by atoms with Crippen molar-refractivity contribution in [2.45, 2.75) is 6.92 Å². The number of benzene rings is 2. The van der Waals surface area contributed by atoms with Crippen LogP contribution in [0.3, 0.4) is 0 Å². The van der Waals surface area contributed by atoms with Gasteiger partial charge in [0, 0.05) is 23.4 Å². The number of fused-ring (bicyclic) bond motifs is 1. The maximum absolute atomic E-state index is 4.53. The van der Waals surface area contributed by atoms with Crippen LogP contribution < -0.4 is 0 Å². The molecular weight excluding hydrogens is 258 g/mol. The highest BCUT2D eigenvalue weighted by Gasteiger charge is 2.05. The van der Waals surface area contributed by atoms with E-state index < -0.39 is 0 Å². The minimum atomic E-state index is 0.764. The van der Waals surface area contributed by atoms with Gasteiger partial charge in [0.05, 0.1) is 17.1 Å². The Morgan fingerprint density at radius 2 is 1.81 bits per heavy atom. The topological polar surface area (TPSA) is 37.6 Å². The van der Waals surface area contributed by atoms with Crippen molar-refractivity contribution in [2.24, 2.45) is 9.98 Å². The van der Waals surface area contributed by atoms with Crippen LogP contribution >= 0.6 is 0 Å². The zero-order valence-electron chi connectivity index (χ0n) is 11.8. The number of nitrogens with zero attached hydrogens (tertiary/aromatic N) is 3. The van der Waals surface area contributed by atoms with Crippen molar-refractivity contribution in [3.8, 4) is 11.3 Å². The van der Waals surface area contributed by atoms with E-state index in [1.165, 1.54) is 5.39 Å². The third-order valence-electron chi connectivity index (χ3n) is 3.34. The average molecular weight is 273 g/mol. The summed E-state index contributed by atoms with van der Waals surface area (Å²) in [6, 6.07) is 16.2. The quantitative estimate of drug-likeness (QED) is 0.622. The second-order valence-electron chi connectivity index (χ2n) is 4.67. The normalized spacial score (nSPS) is 11.1. The first-order valence-corrected chi connectivity index (χ1v) is 6.76. The van der Waals surface area contributed by atoms with Crippen LogP contribution in [0.1, 0.15) is 6.92 Å². The Labute approximate surface area is 123 Å². The number of hydrogen-bond acceptors (Lipinski definition) is 3. The zero-order valence-corrected chi connectivity index (χ0v) is 11.8. The molecule has 3 aromatic rings. The number of aromatic nitrogens is 1. The lowest BCUT2D eigenvalue weighted by Crippen LogP contribution is -1.84. The van der Waals surface area contributed by atoms with Gasteiger partial charge in [-0.3, -0.25) is 15.0 Å². The lowest BCUT2D eigenvalue weighted by molar-refractivity contribution is 1.35. The number of rotatable bonds is 3. The molecule has 0 atom stereocenters. The van der Waals surface area contributed by atoms with Crippen LogP contribution in [0.5, 0.6) is 0 Å². The highest BCUT2D eigenvalue weighted by molar-refractivity contribution is 5.86. The summed E-state index contributed by atoms with van der Waals surface area (Å²) in [7, 11) is 0. The molecule has 0 spiro atoms. The average Bonchev–Trinajstić information content (AvgIpc) is 2.55. The van der Waals surface area contributed by atoms with Gasteiger partial charge in [0.15, 0.2) is 0 Å². The van der Waals surface area contributed by atoms with Gasteiger partial charge in [-0.1, -0.05) is 30.3 Å². The summed E-state index contributed by atoms with van der Waals surface area (Å²) in [4.78, 5) is 12.9. The monoisotopic (exact) mass is 273 g/mol. The van der Waals surface area contributed by atoms with Crippen LogP contribution in [0.15, 0.2) is 64.7 Å². The Kier molecular flexibility index (Phi) is 3.56. The van der Waals surface area contributed by atoms with Crippen LogP contribution in [0.25, 0.3) is 22.0 Å². The maximum Gasteiger partial charge on any atom is 0.0885 e. The van der Waals surface area contributed by atoms with Gasteiger partial charge in [-0.15, -0.1) is 0 Å². The molecule has 0 aliphatic rings. The molecule has 1 aromatic heterocycles. The van der Waals surface area contributed by atoms with E-state index in [-0.39, 0.29) is 0 Å². The van der Waals surface area contributed by atoms with Gasteiger partial charge in [-0.2, -0.15) is 0 Å². The summed E-state index contributed by atoms with van der Waals surface area (Å²) < 4.78 is 0.